The molecule has 2 aliphatic rings. The SMILES string of the molecule is O=C(c1cccnc1)N1CCCC2(CCNC2=O)CC1. The van der Waals surface area contributed by atoms with Crippen molar-refractivity contribution in [3.8, 4) is 0 Å². The van der Waals surface area contributed by atoms with Crippen LogP contribution in [-0.2, 0) is 4.79 Å². The summed E-state index contributed by atoms with van der Waals surface area (Å²) in [6.07, 6.45) is 6.71. The number of hydrogen-bond donors (Lipinski definition) is 1. The van der Waals surface area contributed by atoms with Gasteiger partial charge in [-0.25, -0.2) is 0 Å². The van der Waals surface area contributed by atoms with Gasteiger partial charge in [-0.05, 0) is 37.8 Å². The zero-order chi connectivity index (χ0) is 14.0. The maximum absolute atomic E-state index is 12.4. The molecule has 5 heteroatoms. The molecule has 2 amide bonds. The van der Waals surface area contributed by atoms with Crippen molar-refractivity contribution in [1.82, 2.24) is 15.2 Å². The molecule has 2 fully saturated rings. The third kappa shape index (κ3) is 2.28. The van der Waals surface area contributed by atoms with Crippen molar-refractivity contribution < 1.29 is 9.59 Å². The summed E-state index contributed by atoms with van der Waals surface area (Å²) >= 11 is 0. The maximum atomic E-state index is 12.4. The van der Waals surface area contributed by atoms with Gasteiger partial charge in [-0.1, -0.05) is 0 Å². The summed E-state index contributed by atoms with van der Waals surface area (Å²) in [4.78, 5) is 30.3. The number of pyridine rings is 1. The van der Waals surface area contributed by atoms with Crippen LogP contribution in [0.1, 0.15) is 36.0 Å². The first-order valence-electron chi connectivity index (χ1n) is 7.19. The fraction of sp³-hybridized carbons (Fsp3) is 0.533. The Bertz CT molecular complexity index is 517. The number of likely N-dealkylation sites (tertiary alicyclic amines) is 1. The second kappa shape index (κ2) is 5.23. The van der Waals surface area contributed by atoms with Crippen molar-refractivity contribution in [2.24, 2.45) is 5.41 Å². The van der Waals surface area contributed by atoms with Crippen LogP contribution in [0.25, 0.3) is 0 Å². The molecule has 20 heavy (non-hydrogen) atoms. The van der Waals surface area contributed by atoms with Crippen molar-refractivity contribution in [2.45, 2.75) is 25.7 Å². The second-order valence-corrected chi connectivity index (χ2v) is 5.67. The molecule has 1 aromatic rings. The molecule has 3 rings (SSSR count). The molecule has 2 aliphatic heterocycles. The van der Waals surface area contributed by atoms with Gasteiger partial charge in [0, 0.05) is 32.0 Å². The molecule has 0 bridgehead atoms. The van der Waals surface area contributed by atoms with Crippen LogP contribution in [0.5, 0.6) is 0 Å². The van der Waals surface area contributed by atoms with Crippen molar-refractivity contribution in [1.29, 1.82) is 0 Å². The van der Waals surface area contributed by atoms with Gasteiger partial charge in [-0.15, -0.1) is 0 Å². The molecular formula is C15H19N3O2. The van der Waals surface area contributed by atoms with Crippen LogP contribution in [0.15, 0.2) is 24.5 Å². The number of carbonyl (C=O) groups is 2. The molecule has 0 aromatic carbocycles. The molecule has 106 valence electrons. The predicted molar refractivity (Wildman–Crippen MR) is 74.1 cm³/mol. The number of rotatable bonds is 1. The van der Waals surface area contributed by atoms with Crippen molar-refractivity contribution in [3.05, 3.63) is 30.1 Å². The van der Waals surface area contributed by atoms with Gasteiger partial charge in [-0.2, -0.15) is 0 Å². The average Bonchev–Trinajstić information content (AvgIpc) is 2.71. The third-order valence-corrected chi connectivity index (χ3v) is 4.51. The molecule has 1 unspecified atom stereocenters. The van der Waals surface area contributed by atoms with E-state index in [2.05, 4.69) is 10.3 Å². The van der Waals surface area contributed by atoms with Crippen molar-refractivity contribution in [3.63, 3.8) is 0 Å². The van der Waals surface area contributed by atoms with Gasteiger partial charge in [0.2, 0.25) is 5.91 Å². The largest absolute Gasteiger partial charge is 0.356 e. The topological polar surface area (TPSA) is 62.3 Å². The molecule has 2 saturated heterocycles. The van der Waals surface area contributed by atoms with Gasteiger partial charge >= 0.3 is 0 Å². The van der Waals surface area contributed by atoms with Gasteiger partial charge < -0.3 is 10.2 Å². The van der Waals surface area contributed by atoms with Gasteiger partial charge in [0.15, 0.2) is 0 Å². The minimum atomic E-state index is -0.232. The second-order valence-electron chi connectivity index (χ2n) is 5.67. The fourth-order valence-corrected chi connectivity index (χ4v) is 3.26. The van der Waals surface area contributed by atoms with E-state index in [0.29, 0.717) is 12.1 Å². The van der Waals surface area contributed by atoms with E-state index in [0.717, 1.165) is 38.8 Å². The number of nitrogens with zero attached hydrogens (tertiary/aromatic N) is 2. The lowest BCUT2D eigenvalue weighted by atomic mass is 9.79. The highest BCUT2D eigenvalue weighted by Crippen LogP contribution is 2.38. The number of carbonyl (C=O) groups excluding carboxylic acids is 2. The van der Waals surface area contributed by atoms with Crippen molar-refractivity contribution >= 4 is 11.8 Å². The maximum Gasteiger partial charge on any atom is 0.255 e. The van der Waals surface area contributed by atoms with E-state index >= 15 is 0 Å². The Hall–Kier alpha value is -1.91. The summed E-state index contributed by atoms with van der Waals surface area (Å²) in [5.74, 6) is 0.196. The minimum Gasteiger partial charge on any atom is -0.356 e. The summed E-state index contributed by atoms with van der Waals surface area (Å²) in [6, 6.07) is 3.56. The molecule has 0 radical (unpaired) electrons. The first-order valence-corrected chi connectivity index (χ1v) is 7.19. The lowest BCUT2D eigenvalue weighted by Gasteiger charge is -2.24. The Kier molecular flexibility index (Phi) is 3.42. The normalized spacial score (nSPS) is 26.4. The highest BCUT2D eigenvalue weighted by Gasteiger charge is 2.43. The van der Waals surface area contributed by atoms with Crippen LogP contribution in [0.4, 0.5) is 0 Å². The molecule has 3 heterocycles. The Labute approximate surface area is 118 Å². The van der Waals surface area contributed by atoms with Crippen LogP contribution in [0.2, 0.25) is 0 Å². The number of nitrogens with one attached hydrogen (secondary N) is 1. The van der Waals surface area contributed by atoms with E-state index in [1.807, 2.05) is 4.90 Å². The van der Waals surface area contributed by atoms with E-state index in [4.69, 9.17) is 0 Å². The Morgan fingerprint density at radius 3 is 2.90 bits per heavy atom. The summed E-state index contributed by atoms with van der Waals surface area (Å²) in [5.41, 5.74) is 0.392. The minimum absolute atomic E-state index is 0.0218. The van der Waals surface area contributed by atoms with Crippen LogP contribution in [-0.4, -0.2) is 41.3 Å². The zero-order valence-corrected chi connectivity index (χ0v) is 11.5. The lowest BCUT2D eigenvalue weighted by molar-refractivity contribution is -0.128. The molecule has 0 aliphatic carbocycles. The molecule has 0 saturated carbocycles. The summed E-state index contributed by atoms with van der Waals surface area (Å²) < 4.78 is 0. The lowest BCUT2D eigenvalue weighted by Crippen LogP contribution is -2.35. The average molecular weight is 273 g/mol. The van der Waals surface area contributed by atoms with E-state index in [1.165, 1.54) is 0 Å². The molecule has 1 atom stereocenters. The molecule has 1 spiro atoms. The third-order valence-electron chi connectivity index (χ3n) is 4.51. The van der Waals surface area contributed by atoms with E-state index in [9.17, 15) is 9.59 Å². The first-order chi connectivity index (χ1) is 9.71. The fourth-order valence-electron chi connectivity index (χ4n) is 3.26. The van der Waals surface area contributed by atoms with Gasteiger partial charge in [-0.3, -0.25) is 14.6 Å². The Morgan fingerprint density at radius 1 is 1.30 bits per heavy atom. The molecule has 5 nitrogen and oxygen atoms in total. The predicted octanol–water partition coefficient (Wildman–Crippen LogP) is 1.21. The van der Waals surface area contributed by atoms with Gasteiger partial charge in [0.25, 0.3) is 5.91 Å². The monoisotopic (exact) mass is 273 g/mol. The van der Waals surface area contributed by atoms with Crippen LogP contribution >= 0.6 is 0 Å². The van der Waals surface area contributed by atoms with Crippen LogP contribution in [0.3, 0.4) is 0 Å². The molecule has 1 N–H and O–H groups in total. The van der Waals surface area contributed by atoms with E-state index < -0.39 is 0 Å². The Balaban J connectivity index is 1.72. The molecular weight excluding hydrogens is 254 g/mol. The highest BCUT2D eigenvalue weighted by atomic mass is 16.2. The summed E-state index contributed by atoms with van der Waals surface area (Å²) in [6.45, 7) is 2.15. The number of aromatic nitrogens is 1. The summed E-state index contributed by atoms with van der Waals surface area (Å²) in [5, 5.41) is 2.93. The summed E-state index contributed by atoms with van der Waals surface area (Å²) in [7, 11) is 0. The van der Waals surface area contributed by atoms with E-state index in [1.54, 1.807) is 24.5 Å². The van der Waals surface area contributed by atoms with E-state index in [-0.39, 0.29) is 17.2 Å². The quantitative estimate of drug-likeness (QED) is 0.836. The van der Waals surface area contributed by atoms with Gasteiger partial charge in [0.1, 0.15) is 0 Å². The van der Waals surface area contributed by atoms with Crippen LogP contribution < -0.4 is 5.32 Å². The number of hydrogen-bond acceptors (Lipinski definition) is 3. The van der Waals surface area contributed by atoms with Crippen molar-refractivity contribution in [2.75, 3.05) is 19.6 Å². The van der Waals surface area contributed by atoms with Gasteiger partial charge in [0.05, 0.1) is 11.0 Å². The number of amides is 2. The zero-order valence-electron chi connectivity index (χ0n) is 11.5. The van der Waals surface area contributed by atoms with Crippen LogP contribution in [0, 0.1) is 5.41 Å². The highest BCUT2D eigenvalue weighted by molar-refractivity contribution is 5.94. The first kappa shape index (κ1) is 13.1. The smallest absolute Gasteiger partial charge is 0.255 e. The standard InChI is InChI=1S/C15H19N3O2/c19-13(12-3-1-7-16-11-12)18-9-2-4-15(6-10-18)5-8-17-14(15)20/h1,3,7,11H,2,4-6,8-10H2,(H,17,20). The molecule has 1 aromatic heterocycles. The Morgan fingerprint density at radius 2 is 2.20 bits per heavy atom.